The first-order valence-corrected chi connectivity index (χ1v) is 16.1. The summed E-state index contributed by atoms with van der Waals surface area (Å²) in [4.78, 5) is 80.0. The third kappa shape index (κ3) is 7.53. The van der Waals surface area contributed by atoms with Crippen molar-refractivity contribution in [1.82, 2.24) is 26.2 Å². The standard InChI is InChI=1S/C34H50N6O6/c1-32(2,3)21(16-36-28(43)19-12-10-9-11-13-19)37-31(46)39-26(33(4,5)6)30(45)40-17-20-22(34(20,7)8)24(40)29(44)38-23(18-14-15-18)25(41)27(35)42/h9-13,18,20-24,26H,14-17H2,1-8H3,(H2,35,42)(H,36,43)(H,38,44)(H2,37,39,46)/t20-,21+,22-,23?,24-,26+/m0/s1. The van der Waals surface area contributed by atoms with Crippen molar-refractivity contribution in [3.05, 3.63) is 35.9 Å². The Balaban J connectivity index is 1.49. The van der Waals surface area contributed by atoms with E-state index >= 15 is 0 Å². The Bertz CT molecular complexity index is 1380. The van der Waals surface area contributed by atoms with Crippen LogP contribution in [0, 0.1) is 34.0 Å². The SMILES string of the molecule is CC(C)(C)[C@H](NC(=O)N[C@H](CNC(=O)c1ccccc1)C(C)(C)C)C(=O)N1C[C@H]2[C@@H]([C@H]1C(=O)NC(C(=O)C(N)=O)C1CC1)C2(C)C. The number of benzene rings is 1. The molecule has 1 heterocycles. The molecule has 0 radical (unpaired) electrons. The predicted molar refractivity (Wildman–Crippen MR) is 172 cm³/mol. The van der Waals surface area contributed by atoms with Gasteiger partial charge in [-0.3, -0.25) is 24.0 Å². The number of fused-ring (bicyclic) bond motifs is 1. The molecular formula is C34H50N6O6. The Kier molecular flexibility index (Phi) is 9.62. The number of hydrogen-bond acceptors (Lipinski definition) is 6. The molecule has 0 bridgehead atoms. The van der Waals surface area contributed by atoms with E-state index in [4.69, 9.17) is 5.73 Å². The molecule has 12 nitrogen and oxygen atoms in total. The Morgan fingerprint density at radius 2 is 1.52 bits per heavy atom. The van der Waals surface area contributed by atoms with Crippen molar-refractivity contribution in [3.8, 4) is 0 Å². The number of nitrogens with one attached hydrogen (secondary N) is 4. The van der Waals surface area contributed by atoms with Crippen molar-refractivity contribution in [2.75, 3.05) is 13.1 Å². The van der Waals surface area contributed by atoms with Crippen LogP contribution in [0.4, 0.5) is 4.79 Å². The van der Waals surface area contributed by atoms with E-state index in [9.17, 15) is 28.8 Å². The first-order valence-electron chi connectivity index (χ1n) is 16.1. The highest BCUT2D eigenvalue weighted by Crippen LogP contribution is 2.65. The van der Waals surface area contributed by atoms with Gasteiger partial charge in [-0.25, -0.2) is 4.79 Å². The molecule has 6 N–H and O–H groups in total. The molecule has 0 spiro atoms. The minimum atomic E-state index is -1.10. The fraction of sp³-hybridized carbons (Fsp3) is 0.647. The molecule has 46 heavy (non-hydrogen) atoms. The zero-order valence-corrected chi connectivity index (χ0v) is 28.2. The number of likely N-dealkylation sites (tertiary alicyclic amines) is 1. The number of primary amides is 1. The topological polar surface area (TPSA) is 180 Å². The maximum atomic E-state index is 14.3. The van der Waals surface area contributed by atoms with Gasteiger partial charge in [0.2, 0.25) is 17.6 Å². The van der Waals surface area contributed by atoms with Crippen LogP contribution in [0.1, 0.15) is 78.6 Å². The number of nitrogens with zero attached hydrogens (tertiary/aromatic N) is 1. The second kappa shape index (κ2) is 12.7. The lowest BCUT2D eigenvalue weighted by Crippen LogP contribution is -2.62. The lowest BCUT2D eigenvalue weighted by Gasteiger charge is -2.38. The predicted octanol–water partition coefficient (Wildman–Crippen LogP) is 1.98. The number of ketones is 1. The largest absolute Gasteiger partial charge is 0.363 e. The maximum absolute atomic E-state index is 14.3. The lowest BCUT2D eigenvalue weighted by atomic mass is 9.85. The summed E-state index contributed by atoms with van der Waals surface area (Å²) < 4.78 is 0. The zero-order chi connectivity index (χ0) is 34.4. The van der Waals surface area contributed by atoms with Crippen LogP contribution in [0.5, 0.6) is 0 Å². The number of hydrogen-bond donors (Lipinski definition) is 5. The number of carbonyl (C=O) groups excluding carboxylic acids is 6. The van der Waals surface area contributed by atoms with Crippen molar-refractivity contribution in [2.45, 2.75) is 92.4 Å². The van der Waals surface area contributed by atoms with Crippen molar-refractivity contribution in [3.63, 3.8) is 0 Å². The Labute approximate surface area is 271 Å². The van der Waals surface area contributed by atoms with Crippen molar-refractivity contribution in [2.24, 2.45) is 39.7 Å². The van der Waals surface area contributed by atoms with Gasteiger partial charge in [0.05, 0.1) is 6.04 Å². The molecule has 252 valence electrons. The van der Waals surface area contributed by atoms with Crippen molar-refractivity contribution in [1.29, 1.82) is 0 Å². The van der Waals surface area contributed by atoms with Gasteiger partial charge in [0.15, 0.2) is 0 Å². The molecule has 1 aromatic rings. The van der Waals surface area contributed by atoms with E-state index < -0.39 is 64.5 Å². The summed E-state index contributed by atoms with van der Waals surface area (Å²) in [7, 11) is 0. The second-order valence-electron chi connectivity index (χ2n) is 15.9. The fourth-order valence-electron chi connectivity index (χ4n) is 6.64. The van der Waals surface area contributed by atoms with E-state index in [-0.39, 0.29) is 35.6 Å². The van der Waals surface area contributed by atoms with Gasteiger partial charge in [0.1, 0.15) is 18.1 Å². The maximum Gasteiger partial charge on any atom is 0.315 e. The molecule has 1 aliphatic heterocycles. The molecule has 2 saturated carbocycles. The normalized spacial score (nSPS) is 23.7. The average molecular weight is 639 g/mol. The molecular weight excluding hydrogens is 588 g/mol. The number of nitrogens with two attached hydrogens (primary N) is 1. The summed E-state index contributed by atoms with van der Waals surface area (Å²) in [6.07, 6.45) is 1.40. The molecule has 12 heteroatoms. The molecule has 6 atom stereocenters. The number of rotatable bonds is 11. The van der Waals surface area contributed by atoms with Crippen LogP contribution in [0.15, 0.2) is 30.3 Å². The Hall–Kier alpha value is -3.96. The van der Waals surface area contributed by atoms with Crippen LogP contribution in [0.2, 0.25) is 0 Å². The minimum Gasteiger partial charge on any atom is -0.363 e. The van der Waals surface area contributed by atoms with Gasteiger partial charge in [-0.15, -0.1) is 0 Å². The van der Waals surface area contributed by atoms with Crippen LogP contribution in [0.3, 0.4) is 0 Å². The summed E-state index contributed by atoms with van der Waals surface area (Å²) in [5.74, 6) is -3.30. The Morgan fingerprint density at radius 1 is 0.913 bits per heavy atom. The Morgan fingerprint density at radius 3 is 2.04 bits per heavy atom. The van der Waals surface area contributed by atoms with E-state index in [0.717, 1.165) is 0 Å². The van der Waals surface area contributed by atoms with Crippen LogP contribution in [-0.2, 0) is 19.2 Å². The molecule has 6 amide bonds. The van der Waals surface area contributed by atoms with E-state index in [1.165, 1.54) is 4.90 Å². The summed E-state index contributed by atoms with van der Waals surface area (Å²) >= 11 is 0. The van der Waals surface area contributed by atoms with E-state index in [2.05, 4.69) is 21.3 Å². The number of Topliss-reactive ketones (excluding diaryl/α,β-unsaturated/α-hetero) is 1. The summed E-state index contributed by atoms with van der Waals surface area (Å²) in [6.45, 7) is 15.9. The van der Waals surface area contributed by atoms with Crippen LogP contribution >= 0.6 is 0 Å². The van der Waals surface area contributed by atoms with Crippen LogP contribution in [0.25, 0.3) is 0 Å². The van der Waals surface area contributed by atoms with Crippen molar-refractivity contribution < 1.29 is 28.8 Å². The lowest BCUT2D eigenvalue weighted by molar-refractivity contribution is -0.145. The highest BCUT2D eigenvalue weighted by atomic mass is 16.2. The highest BCUT2D eigenvalue weighted by Gasteiger charge is 2.70. The molecule has 3 aliphatic rings. The fourth-order valence-corrected chi connectivity index (χ4v) is 6.64. The van der Waals surface area contributed by atoms with Gasteiger partial charge in [0, 0.05) is 18.7 Å². The first-order chi connectivity index (χ1) is 21.2. The molecule has 2 aliphatic carbocycles. The van der Waals surface area contributed by atoms with Gasteiger partial charge in [-0.2, -0.15) is 0 Å². The highest BCUT2D eigenvalue weighted by molar-refractivity contribution is 6.38. The van der Waals surface area contributed by atoms with Crippen LogP contribution in [-0.4, -0.2) is 77.6 Å². The molecule has 0 aromatic heterocycles. The average Bonchev–Trinajstić information content (AvgIpc) is 3.84. The smallest absolute Gasteiger partial charge is 0.315 e. The third-order valence-corrected chi connectivity index (χ3v) is 9.92. The second-order valence-corrected chi connectivity index (χ2v) is 15.9. The van der Waals surface area contributed by atoms with E-state index in [0.29, 0.717) is 24.9 Å². The zero-order valence-electron chi connectivity index (χ0n) is 28.2. The van der Waals surface area contributed by atoms with Gasteiger partial charge in [-0.05, 0) is 59.0 Å². The molecule has 4 rings (SSSR count). The monoisotopic (exact) mass is 638 g/mol. The molecule has 3 fully saturated rings. The quantitative estimate of drug-likeness (QED) is 0.231. The number of urea groups is 1. The molecule has 1 aromatic carbocycles. The van der Waals surface area contributed by atoms with Crippen molar-refractivity contribution >= 4 is 35.4 Å². The van der Waals surface area contributed by atoms with Gasteiger partial charge >= 0.3 is 6.03 Å². The van der Waals surface area contributed by atoms with E-state index in [1.807, 2.05) is 61.5 Å². The summed E-state index contributed by atoms with van der Waals surface area (Å²) in [5, 5.41) is 11.5. The third-order valence-electron chi connectivity index (χ3n) is 9.92. The molecule has 1 saturated heterocycles. The minimum absolute atomic E-state index is 0.0753. The first kappa shape index (κ1) is 34.9. The van der Waals surface area contributed by atoms with Gasteiger partial charge in [0.25, 0.3) is 11.8 Å². The number of piperidine rings is 1. The number of carbonyl (C=O) groups is 6. The summed E-state index contributed by atoms with van der Waals surface area (Å²) in [6, 6.07) is 4.87. The van der Waals surface area contributed by atoms with E-state index in [1.54, 1.807) is 24.3 Å². The van der Waals surface area contributed by atoms with Crippen LogP contribution < -0.4 is 27.0 Å². The molecule has 1 unspecified atom stereocenters. The number of amides is 6. The summed E-state index contributed by atoms with van der Waals surface area (Å²) in [5.41, 5.74) is 4.43. The van der Waals surface area contributed by atoms with Gasteiger partial charge in [-0.1, -0.05) is 73.6 Å². The van der Waals surface area contributed by atoms with Gasteiger partial charge < -0.3 is 31.9 Å².